The minimum absolute atomic E-state index is 0.0450. The second-order valence-electron chi connectivity index (χ2n) is 2.41. The highest BCUT2D eigenvalue weighted by Gasteiger charge is 2.06. The third kappa shape index (κ3) is 5.07. The summed E-state index contributed by atoms with van der Waals surface area (Å²) in [5, 5.41) is 2.30. The van der Waals surface area contributed by atoms with Crippen LogP contribution in [0.5, 0.6) is 0 Å². The van der Waals surface area contributed by atoms with E-state index in [2.05, 4.69) is 20.3 Å². The molecule has 7 nitrogen and oxygen atoms in total. The molecule has 0 aliphatic heterocycles. The fourth-order valence-electron chi connectivity index (χ4n) is 0.697. The molecule has 0 atom stereocenters. The van der Waals surface area contributed by atoms with Gasteiger partial charge in [0.25, 0.3) is 10.1 Å². The zero-order chi connectivity index (χ0) is 11.5. The minimum Gasteiger partial charge on any atom is -0.353 e. The summed E-state index contributed by atoms with van der Waals surface area (Å²) in [6, 6.07) is 0. The van der Waals surface area contributed by atoms with E-state index in [9.17, 15) is 8.42 Å². The van der Waals surface area contributed by atoms with Gasteiger partial charge in [0.15, 0.2) is 0 Å². The highest BCUT2D eigenvalue weighted by Crippen LogP contribution is 2.08. The first-order valence-electron chi connectivity index (χ1n) is 3.63. The average molecular weight is 273 g/mol. The maximum absolute atomic E-state index is 10.4. The first-order chi connectivity index (χ1) is 6.87. The Kier molecular flexibility index (Phi) is 4.03. The van der Waals surface area contributed by atoms with Crippen LogP contribution in [0.15, 0.2) is 0 Å². The Hall–Kier alpha value is -0.700. The van der Waals surface area contributed by atoms with Gasteiger partial charge in [-0.3, -0.25) is 4.55 Å². The van der Waals surface area contributed by atoms with Gasteiger partial charge >= 0.3 is 0 Å². The molecule has 0 bridgehead atoms. The van der Waals surface area contributed by atoms with Crippen LogP contribution in [0.1, 0.15) is 0 Å². The lowest BCUT2D eigenvalue weighted by atomic mass is 10.7. The molecule has 0 aliphatic rings. The highest BCUT2D eigenvalue weighted by molar-refractivity contribution is 7.85. The number of anilines is 1. The largest absolute Gasteiger partial charge is 0.353 e. The summed E-state index contributed by atoms with van der Waals surface area (Å²) < 4.78 is 29.2. The first kappa shape index (κ1) is 12.4. The van der Waals surface area contributed by atoms with E-state index in [1.807, 2.05) is 0 Å². The van der Waals surface area contributed by atoms with Crippen LogP contribution in [-0.2, 0) is 10.1 Å². The van der Waals surface area contributed by atoms with Gasteiger partial charge in [-0.25, -0.2) is 0 Å². The molecular weight excluding hydrogens is 267 g/mol. The second kappa shape index (κ2) is 4.88. The van der Waals surface area contributed by atoms with Crippen molar-refractivity contribution in [1.29, 1.82) is 0 Å². The lowest BCUT2D eigenvalue weighted by Gasteiger charge is -2.02. The van der Waals surface area contributed by atoms with E-state index in [4.69, 9.17) is 27.8 Å². The quantitative estimate of drug-likeness (QED) is 0.768. The van der Waals surface area contributed by atoms with Crippen LogP contribution in [0.4, 0.5) is 5.95 Å². The Labute approximate surface area is 95.6 Å². The van der Waals surface area contributed by atoms with E-state index in [0.717, 1.165) is 0 Å². The van der Waals surface area contributed by atoms with Crippen LogP contribution in [0.25, 0.3) is 0 Å². The minimum atomic E-state index is -4.01. The summed E-state index contributed by atoms with van der Waals surface area (Å²) in [5.74, 6) is -0.419. The van der Waals surface area contributed by atoms with Crippen molar-refractivity contribution in [3.63, 3.8) is 0 Å². The molecule has 1 aromatic heterocycles. The molecule has 1 aromatic rings. The molecule has 0 amide bonds. The molecule has 2 N–H and O–H groups in total. The van der Waals surface area contributed by atoms with Crippen LogP contribution in [-0.4, -0.2) is 40.2 Å². The standard InChI is InChI=1S/C5H6Cl2N4O3S/c6-3-9-4(7)11-5(10-3)8-1-2-15(12,13)14/h1-2H2,(H,12,13,14)(H,8,9,10,11). The predicted molar refractivity (Wildman–Crippen MR) is 54.8 cm³/mol. The van der Waals surface area contributed by atoms with Crippen LogP contribution in [0.3, 0.4) is 0 Å². The molecule has 1 rings (SSSR count). The van der Waals surface area contributed by atoms with Crippen LogP contribution < -0.4 is 5.32 Å². The van der Waals surface area contributed by atoms with Gasteiger partial charge in [-0.2, -0.15) is 23.4 Å². The van der Waals surface area contributed by atoms with Gasteiger partial charge in [-0.05, 0) is 23.2 Å². The van der Waals surface area contributed by atoms with E-state index < -0.39 is 15.9 Å². The predicted octanol–water partition coefficient (Wildman–Crippen LogP) is 0.478. The van der Waals surface area contributed by atoms with Crippen LogP contribution in [0.2, 0.25) is 10.6 Å². The van der Waals surface area contributed by atoms with E-state index in [1.165, 1.54) is 0 Å². The summed E-state index contributed by atoms with van der Waals surface area (Å²) in [7, 11) is -4.01. The van der Waals surface area contributed by atoms with Crippen molar-refractivity contribution in [3.05, 3.63) is 10.6 Å². The fraction of sp³-hybridized carbons (Fsp3) is 0.400. The molecule has 0 aromatic carbocycles. The van der Waals surface area contributed by atoms with Crippen molar-refractivity contribution in [2.24, 2.45) is 0 Å². The van der Waals surface area contributed by atoms with Crippen LogP contribution >= 0.6 is 23.2 Å². The number of nitrogens with zero attached hydrogens (tertiary/aromatic N) is 3. The SMILES string of the molecule is O=S(=O)(O)CCNc1nc(Cl)nc(Cl)n1. The molecule has 10 heteroatoms. The van der Waals surface area contributed by atoms with Gasteiger partial charge in [-0.15, -0.1) is 0 Å². The van der Waals surface area contributed by atoms with E-state index in [1.54, 1.807) is 0 Å². The van der Waals surface area contributed by atoms with Crippen LogP contribution in [0, 0.1) is 0 Å². The molecule has 0 radical (unpaired) electrons. The second-order valence-corrected chi connectivity index (χ2v) is 4.66. The summed E-state index contributed by atoms with van der Waals surface area (Å²) >= 11 is 10.9. The maximum Gasteiger partial charge on any atom is 0.266 e. The van der Waals surface area contributed by atoms with Crippen molar-refractivity contribution in [2.45, 2.75) is 0 Å². The highest BCUT2D eigenvalue weighted by atomic mass is 35.5. The molecule has 15 heavy (non-hydrogen) atoms. The molecule has 0 saturated heterocycles. The number of aromatic nitrogens is 3. The topological polar surface area (TPSA) is 105 Å². The molecular formula is C5H6Cl2N4O3S. The van der Waals surface area contributed by atoms with Crippen molar-refractivity contribution in [1.82, 2.24) is 15.0 Å². The van der Waals surface area contributed by atoms with Crippen molar-refractivity contribution < 1.29 is 13.0 Å². The normalized spacial score (nSPS) is 11.4. The number of hydrogen-bond acceptors (Lipinski definition) is 6. The van der Waals surface area contributed by atoms with Gasteiger partial charge in [0.05, 0.1) is 5.75 Å². The molecule has 0 saturated carbocycles. The molecule has 84 valence electrons. The monoisotopic (exact) mass is 272 g/mol. The number of halogens is 2. The summed E-state index contributed by atoms with van der Waals surface area (Å²) in [6.07, 6.45) is 0. The summed E-state index contributed by atoms with van der Waals surface area (Å²) in [6.45, 7) is -0.0600. The van der Waals surface area contributed by atoms with E-state index in [0.29, 0.717) is 0 Å². The fourth-order valence-corrected chi connectivity index (χ4v) is 1.42. The van der Waals surface area contributed by atoms with E-state index in [-0.39, 0.29) is 23.1 Å². The average Bonchev–Trinajstić information content (AvgIpc) is 1.99. The molecule has 0 fully saturated rings. The third-order valence-corrected chi connectivity index (χ3v) is 2.28. The molecule has 0 aliphatic carbocycles. The zero-order valence-electron chi connectivity index (χ0n) is 7.18. The number of hydrogen-bond donors (Lipinski definition) is 2. The summed E-state index contributed by atoms with van der Waals surface area (Å²) in [5.41, 5.74) is 0. The Morgan fingerprint density at radius 1 is 1.20 bits per heavy atom. The Balaban J connectivity index is 2.58. The van der Waals surface area contributed by atoms with Crippen molar-refractivity contribution in [3.8, 4) is 0 Å². The maximum atomic E-state index is 10.4. The number of rotatable bonds is 4. The van der Waals surface area contributed by atoms with Gasteiger partial charge in [0.1, 0.15) is 0 Å². The Bertz CT molecular complexity index is 431. The molecule has 0 spiro atoms. The zero-order valence-corrected chi connectivity index (χ0v) is 9.51. The molecule has 1 heterocycles. The van der Waals surface area contributed by atoms with Gasteiger partial charge < -0.3 is 5.32 Å². The Morgan fingerprint density at radius 3 is 2.20 bits per heavy atom. The van der Waals surface area contributed by atoms with Gasteiger partial charge in [-0.1, -0.05) is 0 Å². The number of nitrogens with one attached hydrogen (secondary N) is 1. The third-order valence-electron chi connectivity index (χ3n) is 1.22. The Morgan fingerprint density at radius 2 is 1.73 bits per heavy atom. The van der Waals surface area contributed by atoms with Gasteiger partial charge in [0, 0.05) is 6.54 Å². The van der Waals surface area contributed by atoms with E-state index >= 15 is 0 Å². The van der Waals surface area contributed by atoms with Crippen molar-refractivity contribution in [2.75, 3.05) is 17.6 Å². The summed E-state index contributed by atoms with van der Waals surface area (Å²) in [4.78, 5) is 10.7. The smallest absolute Gasteiger partial charge is 0.266 e. The van der Waals surface area contributed by atoms with Gasteiger partial charge in [0.2, 0.25) is 16.5 Å². The molecule has 0 unspecified atom stereocenters. The lowest BCUT2D eigenvalue weighted by Crippen LogP contribution is -2.16. The first-order valence-corrected chi connectivity index (χ1v) is 5.99. The lowest BCUT2D eigenvalue weighted by molar-refractivity contribution is 0.484. The van der Waals surface area contributed by atoms with Crippen molar-refractivity contribution >= 4 is 39.3 Å².